The molecule has 1 aliphatic rings. The van der Waals surface area contributed by atoms with Crippen LogP contribution in [0.15, 0.2) is 24.3 Å². The molecule has 2 atom stereocenters. The van der Waals surface area contributed by atoms with E-state index in [1.165, 1.54) is 0 Å². The molecule has 1 fully saturated rings. The first-order valence-corrected chi connectivity index (χ1v) is 6.90. The number of hydrogen-bond donors (Lipinski definition) is 3. The monoisotopic (exact) mass is 276 g/mol. The number of hydrogen-bond acceptors (Lipinski definition) is 3. The van der Waals surface area contributed by atoms with E-state index >= 15 is 0 Å². The van der Waals surface area contributed by atoms with Gasteiger partial charge in [0.1, 0.15) is 0 Å². The molecule has 3 N–H and O–H groups in total. The zero-order valence-electron chi connectivity index (χ0n) is 11.6. The van der Waals surface area contributed by atoms with Gasteiger partial charge < -0.3 is 15.7 Å². The van der Waals surface area contributed by atoms with Gasteiger partial charge >= 0.3 is 11.8 Å². The van der Waals surface area contributed by atoms with Crippen LogP contribution < -0.4 is 10.6 Å². The fraction of sp³-hybridized carbons (Fsp3) is 0.467. The smallest absolute Gasteiger partial charge is 0.313 e. The first-order valence-electron chi connectivity index (χ1n) is 6.90. The number of anilines is 1. The van der Waals surface area contributed by atoms with Crippen LogP contribution >= 0.6 is 0 Å². The zero-order valence-corrected chi connectivity index (χ0v) is 11.6. The van der Waals surface area contributed by atoms with Gasteiger partial charge in [-0.05, 0) is 31.9 Å². The predicted molar refractivity (Wildman–Crippen MR) is 76.2 cm³/mol. The fourth-order valence-electron chi connectivity index (χ4n) is 2.38. The number of benzene rings is 1. The number of amides is 2. The van der Waals surface area contributed by atoms with E-state index < -0.39 is 11.8 Å². The van der Waals surface area contributed by atoms with Crippen molar-refractivity contribution in [3.63, 3.8) is 0 Å². The highest BCUT2D eigenvalue weighted by atomic mass is 16.3. The first-order chi connectivity index (χ1) is 9.56. The maximum atomic E-state index is 11.7. The summed E-state index contributed by atoms with van der Waals surface area (Å²) < 4.78 is 0. The average Bonchev–Trinajstić information content (AvgIpc) is 2.84. The van der Waals surface area contributed by atoms with Gasteiger partial charge in [0.2, 0.25) is 0 Å². The summed E-state index contributed by atoms with van der Waals surface area (Å²) in [6.45, 7) is 2.30. The van der Waals surface area contributed by atoms with Gasteiger partial charge in [-0.25, -0.2) is 0 Å². The Morgan fingerprint density at radius 2 is 1.90 bits per heavy atom. The summed E-state index contributed by atoms with van der Waals surface area (Å²) in [5, 5.41) is 14.8. The largest absolute Gasteiger partial charge is 0.393 e. The quantitative estimate of drug-likeness (QED) is 0.726. The molecule has 20 heavy (non-hydrogen) atoms. The number of carbonyl (C=O) groups is 2. The highest BCUT2D eigenvalue weighted by Crippen LogP contribution is 2.24. The second kappa shape index (κ2) is 6.52. The third kappa shape index (κ3) is 3.81. The molecule has 2 unspecified atom stereocenters. The van der Waals surface area contributed by atoms with Crippen LogP contribution in [0.25, 0.3) is 0 Å². The Kier molecular flexibility index (Phi) is 4.74. The van der Waals surface area contributed by atoms with Crippen LogP contribution in [0.2, 0.25) is 0 Å². The molecule has 0 aliphatic heterocycles. The Hall–Kier alpha value is -1.88. The van der Waals surface area contributed by atoms with Crippen LogP contribution in [0.1, 0.15) is 24.8 Å². The van der Waals surface area contributed by atoms with E-state index in [1.807, 2.05) is 19.1 Å². The van der Waals surface area contributed by atoms with Crippen molar-refractivity contribution in [2.24, 2.45) is 5.92 Å². The minimum atomic E-state index is -0.679. The molecule has 5 heteroatoms. The normalized spacial score (nSPS) is 21.5. The van der Waals surface area contributed by atoms with Crippen molar-refractivity contribution >= 4 is 17.5 Å². The summed E-state index contributed by atoms with van der Waals surface area (Å²) in [4.78, 5) is 23.4. The summed E-state index contributed by atoms with van der Waals surface area (Å²) in [6.07, 6.45) is 2.27. The molecule has 0 bridgehead atoms. The van der Waals surface area contributed by atoms with Gasteiger partial charge in [0.15, 0.2) is 0 Å². The second-order valence-corrected chi connectivity index (χ2v) is 5.29. The second-order valence-electron chi connectivity index (χ2n) is 5.29. The van der Waals surface area contributed by atoms with Crippen LogP contribution in [0, 0.1) is 12.8 Å². The maximum Gasteiger partial charge on any atom is 0.313 e. The average molecular weight is 276 g/mol. The summed E-state index contributed by atoms with van der Waals surface area (Å²) in [6, 6.07) is 7.23. The Bertz CT molecular complexity index is 484. The van der Waals surface area contributed by atoms with E-state index in [1.54, 1.807) is 12.1 Å². The molecule has 108 valence electrons. The number of aliphatic hydroxyl groups is 1. The van der Waals surface area contributed by atoms with E-state index in [-0.39, 0.29) is 12.0 Å². The van der Waals surface area contributed by atoms with E-state index in [2.05, 4.69) is 10.6 Å². The van der Waals surface area contributed by atoms with Gasteiger partial charge in [-0.2, -0.15) is 0 Å². The minimum Gasteiger partial charge on any atom is -0.393 e. The maximum absolute atomic E-state index is 11.7. The van der Waals surface area contributed by atoms with E-state index in [0.29, 0.717) is 12.2 Å². The molecule has 0 aromatic heterocycles. The van der Waals surface area contributed by atoms with Crippen LogP contribution in [0.5, 0.6) is 0 Å². The minimum absolute atomic E-state index is 0.0612. The zero-order chi connectivity index (χ0) is 14.5. The lowest BCUT2D eigenvalue weighted by Gasteiger charge is -2.14. The molecule has 1 aromatic carbocycles. The van der Waals surface area contributed by atoms with E-state index in [0.717, 1.165) is 24.8 Å². The van der Waals surface area contributed by atoms with Crippen molar-refractivity contribution in [2.45, 2.75) is 32.3 Å². The number of aliphatic hydroxyl groups excluding tert-OH is 1. The predicted octanol–water partition coefficient (Wildman–Crippen LogP) is 1.21. The van der Waals surface area contributed by atoms with Crippen molar-refractivity contribution in [2.75, 3.05) is 11.9 Å². The fourth-order valence-corrected chi connectivity index (χ4v) is 2.38. The van der Waals surface area contributed by atoms with E-state index in [9.17, 15) is 14.7 Å². The summed E-state index contributed by atoms with van der Waals surface area (Å²) in [7, 11) is 0. The molecule has 1 saturated carbocycles. The lowest BCUT2D eigenvalue weighted by Crippen LogP contribution is -2.39. The molecule has 0 spiro atoms. The number of nitrogens with one attached hydrogen (secondary N) is 2. The van der Waals surface area contributed by atoms with Crippen molar-refractivity contribution in [3.05, 3.63) is 29.8 Å². The molecule has 1 aliphatic carbocycles. The molecule has 0 radical (unpaired) electrons. The van der Waals surface area contributed by atoms with Gasteiger partial charge in [-0.15, -0.1) is 0 Å². The molecular weight excluding hydrogens is 256 g/mol. The first kappa shape index (κ1) is 14.5. The van der Waals surface area contributed by atoms with Gasteiger partial charge in [-0.3, -0.25) is 9.59 Å². The molecular formula is C15H20N2O3. The van der Waals surface area contributed by atoms with Crippen LogP contribution in [0.4, 0.5) is 5.69 Å². The number of carbonyl (C=O) groups excluding carboxylic acids is 2. The number of rotatable bonds is 3. The van der Waals surface area contributed by atoms with Crippen molar-refractivity contribution in [1.82, 2.24) is 5.32 Å². The lowest BCUT2D eigenvalue weighted by atomic mass is 10.1. The third-order valence-corrected chi connectivity index (χ3v) is 3.66. The summed E-state index contributed by atoms with van der Waals surface area (Å²) in [5.41, 5.74) is 1.68. The molecule has 0 saturated heterocycles. The molecule has 2 amide bonds. The molecule has 5 nitrogen and oxygen atoms in total. The van der Waals surface area contributed by atoms with Gasteiger partial charge in [0.05, 0.1) is 6.10 Å². The Morgan fingerprint density at radius 3 is 2.50 bits per heavy atom. The molecule has 1 aromatic rings. The highest BCUT2D eigenvalue weighted by molar-refractivity contribution is 6.39. The SMILES string of the molecule is Cc1ccc(NC(=O)C(=O)NCC2CCCC2O)cc1. The Balaban J connectivity index is 1.80. The standard InChI is InChI=1S/C15H20N2O3/c1-10-5-7-12(8-6-10)17-15(20)14(19)16-9-11-3-2-4-13(11)18/h5-8,11,13,18H,2-4,9H2,1H3,(H,16,19)(H,17,20). The summed E-state index contributed by atoms with van der Waals surface area (Å²) in [5.74, 6) is -1.28. The third-order valence-electron chi connectivity index (χ3n) is 3.66. The van der Waals surface area contributed by atoms with Crippen LogP contribution in [-0.2, 0) is 9.59 Å². The topological polar surface area (TPSA) is 78.4 Å². The highest BCUT2D eigenvalue weighted by Gasteiger charge is 2.26. The number of aryl methyl sites for hydroxylation is 1. The molecule has 0 heterocycles. The van der Waals surface area contributed by atoms with Crippen molar-refractivity contribution in [3.8, 4) is 0 Å². The Labute approximate surface area is 118 Å². The van der Waals surface area contributed by atoms with Crippen molar-refractivity contribution < 1.29 is 14.7 Å². The lowest BCUT2D eigenvalue weighted by molar-refractivity contribution is -0.136. The van der Waals surface area contributed by atoms with Crippen LogP contribution in [-0.4, -0.2) is 29.6 Å². The van der Waals surface area contributed by atoms with Gasteiger partial charge in [-0.1, -0.05) is 24.1 Å². The van der Waals surface area contributed by atoms with E-state index in [4.69, 9.17) is 0 Å². The van der Waals surface area contributed by atoms with Crippen molar-refractivity contribution in [1.29, 1.82) is 0 Å². The van der Waals surface area contributed by atoms with Gasteiger partial charge in [0.25, 0.3) is 0 Å². The molecule has 2 rings (SSSR count). The Morgan fingerprint density at radius 1 is 1.20 bits per heavy atom. The van der Waals surface area contributed by atoms with Gasteiger partial charge in [0, 0.05) is 18.2 Å². The van der Waals surface area contributed by atoms with Crippen LogP contribution in [0.3, 0.4) is 0 Å². The summed E-state index contributed by atoms with van der Waals surface area (Å²) >= 11 is 0.